The number of alkyl halides is 1. The lowest BCUT2D eigenvalue weighted by Crippen LogP contribution is -2.22. The van der Waals surface area contributed by atoms with Crippen LogP contribution in [0.1, 0.15) is 49.7 Å². The van der Waals surface area contributed by atoms with Crippen LogP contribution >= 0.6 is 11.6 Å². The fourth-order valence-electron chi connectivity index (χ4n) is 2.63. The van der Waals surface area contributed by atoms with Crippen LogP contribution in [0.5, 0.6) is 0 Å². The molecule has 0 bridgehead atoms. The molecule has 0 aromatic heterocycles. The molecule has 1 aliphatic carbocycles. The molecule has 2 rings (SSSR count). The number of benzene rings is 1. The minimum absolute atomic E-state index is 0.126. The van der Waals surface area contributed by atoms with Crippen LogP contribution in [0.4, 0.5) is 0 Å². The van der Waals surface area contributed by atoms with Gasteiger partial charge in [-0.25, -0.2) is 0 Å². The lowest BCUT2D eigenvalue weighted by Gasteiger charge is -2.28. The van der Waals surface area contributed by atoms with E-state index in [-0.39, 0.29) is 12.1 Å². The van der Waals surface area contributed by atoms with E-state index in [9.17, 15) is 4.79 Å². The Bertz CT molecular complexity index is 391. The average molecular weight is 267 g/mol. The highest BCUT2D eigenvalue weighted by atomic mass is 35.5. The van der Waals surface area contributed by atoms with E-state index >= 15 is 0 Å². The molecule has 0 unspecified atom stereocenters. The molecule has 0 atom stereocenters. The quantitative estimate of drug-likeness (QED) is 0.610. The maximum Gasteiger partial charge on any atom is 0.302 e. The number of hydrogen-bond donors (Lipinski definition) is 0. The number of hydrogen-bond acceptors (Lipinski definition) is 2. The van der Waals surface area contributed by atoms with Crippen molar-refractivity contribution in [1.29, 1.82) is 0 Å². The third-order valence-electron chi connectivity index (χ3n) is 3.61. The second kappa shape index (κ2) is 6.24. The van der Waals surface area contributed by atoms with Crippen molar-refractivity contribution >= 4 is 17.6 Å². The van der Waals surface area contributed by atoms with Crippen LogP contribution in [0.25, 0.3) is 0 Å². The van der Waals surface area contributed by atoms with Gasteiger partial charge in [0.05, 0.1) is 0 Å². The van der Waals surface area contributed by atoms with Gasteiger partial charge in [0.1, 0.15) is 6.10 Å². The summed E-state index contributed by atoms with van der Waals surface area (Å²) in [5, 5.41) is 0. The first-order valence-corrected chi connectivity index (χ1v) is 7.04. The monoisotopic (exact) mass is 266 g/mol. The zero-order valence-electron chi connectivity index (χ0n) is 10.7. The van der Waals surface area contributed by atoms with Crippen molar-refractivity contribution in [3.8, 4) is 0 Å². The van der Waals surface area contributed by atoms with E-state index in [1.165, 1.54) is 12.5 Å². The van der Waals surface area contributed by atoms with Crippen LogP contribution in [0.3, 0.4) is 0 Å². The van der Waals surface area contributed by atoms with Crippen LogP contribution in [0.2, 0.25) is 0 Å². The van der Waals surface area contributed by atoms with Crippen molar-refractivity contribution in [2.75, 3.05) is 0 Å². The highest BCUT2D eigenvalue weighted by Gasteiger charge is 2.23. The Morgan fingerprint density at radius 2 is 1.83 bits per heavy atom. The molecular weight excluding hydrogens is 248 g/mol. The van der Waals surface area contributed by atoms with Gasteiger partial charge in [-0.05, 0) is 42.7 Å². The summed E-state index contributed by atoms with van der Waals surface area (Å²) in [6.07, 6.45) is 4.26. The summed E-state index contributed by atoms with van der Waals surface area (Å²) in [5.74, 6) is 1.01. The summed E-state index contributed by atoms with van der Waals surface area (Å²) in [6, 6.07) is 8.55. The smallest absolute Gasteiger partial charge is 0.302 e. The molecule has 3 heteroatoms. The maximum absolute atomic E-state index is 10.9. The van der Waals surface area contributed by atoms with Crippen molar-refractivity contribution < 1.29 is 9.53 Å². The van der Waals surface area contributed by atoms with E-state index in [1.54, 1.807) is 0 Å². The lowest BCUT2D eigenvalue weighted by atomic mass is 9.82. The van der Waals surface area contributed by atoms with E-state index in [0.29, 0.717) is 11.8 Å². The fourth-order valence-corrected chi connectivity index (χ4v) is 2.81. The molecule has 18 heavy (non-hydrogen) atoms. The molecule has 0 aliphatic heterocycles. The molecule has 0 saturated heterocycles. The Morgan fingerprint density at radius 1 is 1.22 bits per heavy atom. The average Bonchev–Trinajstić information content (AvgIpc) is 2.39. The zero-order valence-corrected chi connectivity index (χ0v) is 11.5. The number of esters is 1. The second-order valence-corrected chi connectivity index (χ2v) is 5.23. The van der Waals surface area contributed by atoms with Crippen LogP contribution in [-0.4, -0.2) is 12.1 Å². The Labute approximate surface area is 113 Å². The van der Waals surface area contributed by atoms with Crippen molar-refractivity contribution in [1.82, 2.24) is 0 Å². The minimum atomic E-state index is -0.162. The van der Waals surface area contributed by atoms with Gasteiger partial charge in [-0.3, -0.25) is 4.79 Å². The predicted octanol–water partition coefficient (Wildman–Crippen LogP) is 4.01. The molecule has 0 N–H and O–H groups in total. The molecule has 0 spiro atoms. The van der Waals surface area contributed by atoms with E-state index in [1.807, 2.05) is 0 Å². The molecule has 98 valence electrons. The van der Waals surface area contributed by atoms with Gasteiger partial charge in [0.2, 0.25) is 0 Å². The highest BCUT2D eigenvalue weighted by Crippen LogP contribution is 2.34. The normalized spacial score (nSPS) is 23.7. The first-order valence-electron chi connectivity index (χ1n) is 6.51. The van der Waals surface area contributed by atoms with Crippen molar-refractivity contribution in [3.63, 3.8) is 0 Å². The molecular formula is C15H19ClO2. The molecule has 2 nitrogen and oxygen atoms in total. The summed E-state index contributed by atoms with van der Waals surface area (Å²) in [7, 11) is 0. The van der Waals surface area contributed by atoms with Gasteiger partial charge in [-0.2, -0.15) is 0 Å². The topological polar surface area (TPSA) is 26.3 Å². The number of rotatable bonds is 3. The van der Waals surface area contributed by atoms with Crippen LogP contribution in [0.15, 0.2) is 24.3 Å². The molecule has 1 aromatic rings. The number of carbonyl (C=O) groups is 1. The lowest BCUT2D eigenvalue weighted by molar-refractivity contribution is -0.147. The van der Waals surface area contributed by atoms with E-state index in [0.717, 1.165) is 31.2 Å². The summed E-state index contributed by atoms with van der Waals surface area (Å²) < 4.78 is 5.26. The van der Waals surface area contributed by atoms with Gasteiger partial charge in [-0.15, -0.1) is 11.6 Å². The van der Waals surface area contributed by atoms with Gasteiger partial charge >= 0.3 is 5.97 Å². The third kappa shape index (κ3) is 3.49. The largest absolute Gasteiger partial charge is 0.463 e. The molecule has 1 saturated carbocycles. The Kier molecular flexibility index (Phi) is 4.65. The van der Waals surface area contributed by atoms with Gasteiger partial charge in [0.15, 0.2) is 0 Å². The number of carbonyl (C=O) groups excluding carboxylic acids is 1. The zero-order chi connectivity index (χ0) is 13.0. The summed E-state index contributed by atoms with van der Waals surface area (Å²) >= 11 is 5.78. The molecule has 0 radical (unpaired) electrons. The SMILES string of the molecule is CC(=O)OC1CCC(c2ccc(CCl)cc2)CC1. The molecule has 1 aliphatic rings. The molecule has 1 aromatic carbocycles. The third-order valence-corrected chi connectivity index (χ3v) is 3.92. The van der Waals surface area contributed by atoms with E-state index in [2.05, 4.69) is 24.3 Å². The summed E-state index contributed by atoms with van der Waals surface area (Å²) in [5.41, 5.74) is 2.54. The summed E-state index contributed by atoms with van der Waals surface area (Å²) in [4.78, 5) is 10.9. The first kappa shape index (κ1) is 13.4. The van der Waals surface area contributed by atoms with Gasteiger partial charge in [0, 0.05) is 12.8 Å². The Hall–Kier alpha value is -1.02. The predicted molar refractivity (Wildman–Crippen MR) is 72.8 cm³/mol. The number of ether oxygens (including phenoxy) is 1. The summed E-state index contributed by atoms with van der Waals surface area (Å²) in [6.45, 7) is 1.48. The van der Waals surface area contributed by atoms with Gasteiger partial charge in [-0.1, -0.05) is 24.3 Å². The Morgan fingerprint density at radius 3 is 2.33 bits per heavy atom. The molecule has 1 fully saturated rings. The molecule has 0 amide bonds. The molecule has 0 heterocycles. The van der Waals surface area contributed by atoms with Crippen molar-refractivity contribution in [3.05, 3.63) is 35.4 Å². The van der Waals surface area contributed by atoms with Crippen molar-refractivity contribution in [2.24, 2.45) is 0 Å². The van der Waals surface area contributed by atoms with Crippen LogP contribution in [-0.2, 0) is 15.4 Å². The minimum Gasteiger partial charge on any atom is -0.463 e. The Balaban J connectivity index is 1.90. The van der Waals surface area contributed by atoms with Gasteiger partial charge < -0.3 is 4.74 Å². The standard InChI is InChI=1S/C15H19ClO2/c1-11(17)18-15-8-6-14(7-9-15)13-4-2-12(10-16)3-5-13/h2-5,14-15H,6-10H2,1H3. The van der Waals surface area contributed by atoms with Gasteiger partial charge in [0.25, 0.3) is 0 Å². The first-order chi connectivity index (χ1) is 8.69. The van der Waals surface area contributed by atoms with E-state index in [4.69, 9.17) is 16.3 Å². The van der Waals surface area contributed by atoms with Crippen LogP contribution in [0, 0.1) is 0 Å². The second-order valence-electron chi connectivity index (χ2n) is 4.96. The fraction of sp³-hybridized carbons (Fsp3) is 0.533. The van der Waals surface area contributed by atoms with E-state index < -0.39 is 0 Å². The van der Waals surface area contributed by atoms with Crippen molar-refractivity contribution in [2.45, 2.75) is 50.5 Å². The maximum atomic E-state index is 10.9. The highest BCUT2D eigenvalue weighted by molar-refractivity contribution is 6.17. The number of halogens is 1. The van der Waals surface area contributed by atoms with Crippen LogP contribution < -0.4 is 0 Å².